The highest BCUT2D eigenvalue weighted by Crippen LogP contribution is 1.97. The lowest BCUT2D eigenvalue weighted by Crippen LogP contribution is -1.92. The van der Waals surface area contributed by atoms with Crippen LogP contribution in [-0.4, -0.2) is 5.78 Å². The van der Waals surface area contributed by atoms with Crippen LogP contribution in [-0.2, 0) is 4.79 Å². The Morgan fingerprint density at radius 3 is 2.36 bits per heavy atom. The first-order valence-electron chi connectivity index (χ1n) is 3.93. The van der Waals surface area contributed by atoms with Crippen molar-refractivity contribution in [3.63, 3.8) is 0 Å². The van der Waals surface area contributed by atoms with Gasteiger partial charge in [-0.3, -0.25) is 4.79 Å². The molecule has 0 aromatic rings. The molecule has 0 bridgehead atoms. The zero-order valence-electron chi connectivity index (χ0n) is 7.55. The largest absolute Gasteiger partial charge is 0.299 e. The summed E-state index contributed by atoms with van der Waals surface area (Å²) in [6, 6.07) is 0. The Morgan fingerprint density at radius 1 is 1.27 bits per heavy atom. The summed E-state index contributed by atoms with van der Waals surface area (Å²) in [4.78, 5) is 11.0. The first-order valence-corrected chi connectivity index (χ1v) is 3.93. The third kappa shape index (κ3) is 7.04. The normalized spacial score (nSPS) is 10.1. The van der Waals surface area contributed by atoms with Gasteiger partial charge in [-0.25, -0.2) is 0 Å². The molecule has 0 amide bonds. The highest BCUT2D eigenvalue weighted by molar-refractivity contribution is 5.81. The molecule has 0 fully saturated rings. The van der Waals surface area contributed by atoms with Gasteiger partial charge in [0.05, 0.1) is 0 Å². The number of carbonyl (C=O) groups excluding carboxylic acids is 1. The molecule has 0 N–H and O–H groups in total. The smallest absolute Gasteiger partial charge is 0.140 e. The molecule has 0 rings (SSSR count). The van der Waals surface area contributed by atoms with Crippen molar-refractivity contribution in [3.05, 3.63) is 23.8 Å². The predicted molar refractivity (Wildman–Crippen MR) is 48.5 cm³/mol. The molecule has 0 saturated heterocycles. The Kier molecular flexibility index (Phi) is 5.44. The summed E-state index contributed by atoms with van der Waals surface area (Å²) in [5, 5.41) is 0. The van der Waals surface area contributed by atoms with Gasteiger partial charge in [0.2, 0.25) is 0 Å². The summed E-state index contributed by atoms with van der Waals surface area (Å²) in [5.74, 6) is 0.282. The van der Waals surface area contributed by atoms with Gasteiger partial charge in [-0.15, -0.1) is 0 Å². The monoisotopic (exact) mass is 152 g/mol. The molecule has 1 nitrogen and oxygen atoms in total. The summed E-state index contributed by atoms with van der Waals surface area (Å²) in [5.41, 5.74) is 1.21. The van der Waals surface area contributed by atoms with Gasteiger partial charge in [-0.05, 0) is 20.8 Å². The van der Waals surface area contributed by atoms with Crippen molar-refractivity contribution in [3.8, 4) is 0 Å². The number of hydrogen-bond donors (Lipinski definition) is 0. The van der Waals surface area contributed by atoms with Crippen molar-refractivity contribution in [2.24, 2.45) is 0 Å². The van der Waals surface area contributed by atoms with E-state index in [1.165, 1.54) is 5.57 Å². The van der Waals surface area contributed by atoms with E-state index < -0.39 is 0 Å². The second-order valence-electron chi connectivity index (χ2n) is 2.80. The van der Waals surface area contributed by atoms with Gasteiger partial charge >= 0.3 is 0 Å². The topological polar surface area (TPSA) is 17.1 Å². The van der Waals surface area contributed by atoms with E-state index in [0.29, 0.717) is 12.8 Å². The number of rotatable bonds is 4. The molecule has 0 saturated carbocycles. The summed E-state index contributed by atoms with van der Waals surface area (Å²) >= 11 is 0. The fourth-order valence-corrected chi connectivity index (χ4v) is 0.651. The molecule has 0 aromatic carbocycles. The maximum absolute atomic E-state index is 11.0. The van der Waals surface area contributed by atoms with Gasteiger partial charge in [0.25, 0.3) is 0 Å². The highest BCUT2D eigenvalue weighted by Gasteiger charge is 1.94. The lowest BCUT2D eigenvalue weighted by molar-refractivity contribution is -0.117. The van der Waals surface area contributed by atoms with Crippen molar-refractivity contribution in [1.82, 2.24) is 0 Å². The Bertz CT molecular complexity index is 171. The molecular weight excluding hydrogens is 136 g/mol. The predicted octanol–water partition coefficient (Wildman–Crippen LogP) is 2.88. The SMILES string of the molecule is CC=CCC(=O)CC=C(C)C. The van der Waals surface area contributed by atoms with Crippen LogP contribution < -0.4 is 0 Å². The molecule has 0 heterocycles. The van der Waals surface area contributed by atoms with Crippen LogP contribution >= 0.6 is 0 Å². The van der Waals surface area contributed by atoms with E-state index in [-0.39, 0.29) is 5.78 Å². The molecule has 0 radical (unpaired) electrons. The van der Waals surface area contributed by atoms with Gasteiger partial charge in [0.1, 0.15) is 5.78 Å². The number of carbonyl (C=O) groups is 1. The number of Topliss-reactive ketones (excluding diaryl/α,β-unsaturated/α-hetero) is 1. The van der Waals surface area contributed by atoms with E-state index >= 15 is 0 Å². The average molecular weight is 152 g/mol. The zero-order valence-corrected chi connectivity index (χ0v) is 7.55. The second-order valence-corrected chi connectivity index (χ2v) is 2.80. The third-order valence-corrected chi connectivity index (χ3v) is 1.32. The van der Waals surface area contributed by atoms with E-state index in [0.717, 1.165) is 0 Å². The molecule has 0 aliphatic heterocycles. The summed E-state index contributed by atoms with van der Waals surface area (Å²) in [6.45, 7) is 5.93. The summed E-state index contributed by atoms with van der Waals surface area (Å²) in [7, 11) is 0. The zero-order chi connectivity index (χ0) is 8.69. The molecule has 1 heteroatoms. The number of hydrogen-bond acceptors (Lipinski definition) is 1. The van der Waals surface area contributed by atoms with Crippen LogP contribution in [0.3, 0.4) is 0 Å². The molecule has 0 unspecified atom stereocenters. The van der Waals surface area contributed by atoms with Crippen LogP contribution in [0, 0.1) is 0 Å². The summed E-state index contributed by atoms with van der Waals surface area (Å²) in [6.07, 6.45) is 6.90. The van der Waals surface area contributed by atoms with Crippen LogP contribution in [0.1, 0.15) is 33.6 Å². The van der Waals surface area contributed by atoms with Gasteiger partial charge in [0.15, 0.2) is 0 Å². The lowest BCUT2D eigenvalue weighted by Gasteiger charge is -1.91. The quantitative estimate of drug-likeness (QED) is 0.566. The molecular formula is C10H16O. The van der Waals surface area contributed by atoms with Crippen LogP contribution in [0.2, 0.25) is 0 Å². The van der Waals surface area contributed by atoms with Crippen molar-refractivity contribution in [1.29, 1.82) is 0 Å². The van der Waals surface area contributed by atoms with Crippen LogP contribution in [0.5, 0.6) is 0 Å². The Hall–Kier alpha value is -0.850. The minimum absolute atomic E-state index is 0.282. The second kappa shape index (κ2) is 5.90. The Labute approximate surface area is 68.8 Å². The Morgan fingerprint density at radius 2 is 1.91 bits per heavy atom. The van der Waals surface area contributed by atoms with Gasteiger partial charge < -0.3 is 0 Å². The molecule has 0 atom stereocenters. The van der Waals surface area contributed by atoms with Crippen LogP contribution in [0.4, 0.5) is 0 Å². The van der Waals surface area contributed by atoms with E-state index in [1.807, 2.05) is 39.0 Å². The molecule has 0 aliphatic carbocycles. The van der Waals surface area contributed by atoms with Crippen molar-refractivity contribution >= 4 is 5.78 Å². The number of ketones is 1. The van der Waals surface area contributed by atoms with Crippen LogP contribution in [0.15, 0.2) is 23.8 Å². The van der Waals surface area contributed by atoms with Crippen molar-refractivity contribution < 1.29 is 4.79 Å². The maximum atomic E-state index is 11.0. The molecule has 0 aromatic heterocycles. The third-order valence-electron chi connectivity index (χ3n) is 1.32. The minimum Gasteiger partial charge on any atom is -0.299 e. The Balaban J connectivity index is 3.62. The molecule has 11 heavy (non-hydrogen) atoms. The highest BCUT2D eigenvalue weighted by atomic mass is 16.1. The average Bonchev–Trinajstić information content (AvgIpc) is 1.97. The van der Waals surface area contributed by atoms with E-state index in [4.69, 9.17) is 0 Å². The van der Waals surface area contributed by atoms with Gasteiger partial charge in [-0.2, -0.15) is 0 Å². The van der Waals surface area contributed by atoms with E-state index in [2.05, 4.69) is 0 Å². The molecule has 0 aliphatic rings. The number of allylic oxidation sites excluding steroid dienone is 4. The summed E-state index contributed by atoms with van der Waals surface area (Å²) < 4.78 is 0. The lowest BCUT2D eigenvalue weighted by atomic mass is 10.1. The van der Waals surface area contributed by atoms with Gasteiger partial charge in [-0.1, -0.05) is 23.8 Å². The fourth-order valence-electron chi connectivity index (χ4n) is 0.651. The molecule has 62 valence electrons. The maximum Gasteiger partial charge on any atom is 0.140 e. The standard InChI is InChI=1S/C10H16O/c1-4-5-6-10(11)8-7-9(2)3/h4-5,7H,6,8H2,1-3H3. The fraction of sp³-hybridized carbons (Fsp3) is 0.500. The minimum atomic E-state index is 0.282. The van der Waals surface area contributed by atoms with Gasteiger partial charge in [0, 0.05) is 12.8 Å². The first kappa shape index (κ1) is 10.2. The van der Waals surface area contributed by atoms with Crippen LogP contribution in [0.25, 0.3) is 0 Å². The molecule has 0 spiro atoms. The first-order chi connectivity index (χ1) is 5.16. The van der Waals surface area contributed by atoms with E-state index in [1.54, 1.807) is 0 Å². The van der Waals surface area contributed by atoms with Crippen molar-refractivity contribution in [2.45, 2.75) is 33.6 Å². The van der Waals surface area contributed by atoms with E-state index in [9.17, 15) is 4.79 Å². The van der Waals surface area contributed by atoms with Crippen molar-refractivity contribution in [2.75, 3.05) is 0 Å².